The molecule has 3 aromatic carbocycles. The number of carbonyl (C=O) groups excluding carboxylic acids is 2. The number of hydrogen-bond acceptors (Lipinski definition) is 5. The quantitative estimate of drug-likeness (QED) is 0.565. The van der Waals surface area contributed by atoms with Crippen molar-refractivity contribution in [3.8, 4) is 11.8 Å². The Bertz CT molecular complexity index is 1360. The molecule has 1 fully saturated rings. The number of anilines is 1. The Kier molecular flexibility index (Phi) is 5.50. The third kappa shape index (κ3) is 3.32. The Balaban J connectivity index is 1.62. The van der Waals surface area contributed by atoms with Crippen LogP contribution in [-0.4, -0.2) is 36.1 Å². The number of fused-ring (bicyclic) bond motifs is 2. The molecule has 0 radical (unpaired) electrons. The van der Waals surface area contributed by atoms with Crippen LogP contribution >= 0.6 is 11.8 Å². The normalized spacial score (nSPS) is 18.8. The Morgan fingerprint density at radius 3 is 2.76 bits per heavy atom. The van der Waals surface area contributed by atoms with E-state index in [2.05, 4.69) is 6.07 Å². The molecule has 0 saturated carbocycles. The molecule has 0 bridgehead atoms. The summed E-state index contributed by atoms with van der Waals surface area (Å²) >= 11 is 1.36. The minimum absolute atomic E-state index is 0.0678. The van der Waals surface area contributed by atoms with Crippen molar-refractivity contribution in [1.82, 2.24) is 4.90 Å². The summed E-state index contributed by atoms with van der Waals surface area (Å²) in [5.41, 5.74) is 2.53. The van der Waals surface area contributed by atoms with Gasteiger partial charge in [-0.15, -0.1) is 11.8 Å². The van der Waals surface area contributed by atoms with Gasteiger partial charge in [0.25, 0.3) is 11.8 Å². The molecule has 2 aliphatic rings. The first-order valence-electron chi connectivity index (χ1n) is 10.7. The highest BCUT2D eigenvalue weighted by molar-refractivity contribution is 8.01. The highest BCUT2D eigenvalue weighted by Crippen LogP contribution is 2.55. The lowest BCUT2D eigenvalue weighted by Crippen LogP contribution is -2.50. The smallest absolute Gasteiger partial charge is 0.268 e. The van der Waals surface area contributed by atoms with E-state index in [0.29, 0.717) is 34.9 Å². The van der Waals surface area contributed by atoms with Gasteiger partial charge in [0.2, 0.25) is 0 Å². The first-order chi connectivity index (χ1) is 16.5. The van der Waals surface area contributed by atoms with E-state index in [1.54, 1.807) is 54.5 Å². The van der Waals surface area contributed by atoms with Gasteiger partial charge >= 0.3 is 0 Å². The molecule has 8 heteroatoms. The van der Waals surface area contributed by atoms with Crippen LogP contribution in [0.5, 0.6) is 5.75 Å². The number of carbonyl (C=O) groups is 2. The summed E-state index contributed by atoms with van der Waals surface area (Å²) in [5.74, 6) is -0.338. The fourth-order valence-electron chi connectivity index (χ4n) is 4.58. The Hall–Kier alpha value is -3.83. The first-order valence-corrected chi connectivity index (χ1v) is 11.7. The molecule has 3 aromatic rings. The maximum absolute atomic E-state index is 14.5. The molecule has 2 heterocycles. The Morgan fingerprint density at radius 2 is 2.00 bits per heavy atom. The van der Waals surface area contributed by atoms with Crippen molar-refractivity contribution in [1.29, 1.82) is 5.26 Å². The highest BCUT2D eigenvalue weighted by Gasteiger charge is 2.59. The van der Waals surface area contributed by atoms with Gasteiger partial charge in [0.05, 0.1) is 36.5 Å². The van der Waals surface area contributed by atoms with Gasteiger partial charge < -0.3 is 14.5 Å². The minimum atomic E-state index is -1.32. The van der Waals surface area contributed by atoms with E-state index in [0.717, 1.165) is 5.56 Å². The minimum Gasteiger partial charge on any atom is -0.497 e. The lowest BCUT2D eigenvalue weighted by Gasteiger charge is -2.33. The summed E-state index contributed by atoms with van der Waals surface area (Å²) in [6.45, 7) is 0.537. The van der Waals surface area contributed by atoms with Gasteiger partial charge in [-0.3, -0.25) is 9.59 Å². The van der Waals surface area contributed by atoms with Crippen LogP contribution in [0.2, 0.25) is 0 Å². The zero-order valence-corrected chi connectivity index (χ0v) is 19.1. The van der Waals surface area contributed by atoms with Crippen molar-refractivity contribution in [2.75, 3.05) is 24.3 Å². The van der Waals surface area contributed by atoms with Gasteiger partial charge in [-0.2, -0.15) is 5.26 Å². The lowest BCUT2D eigenvalue weighted by atomic mass is 10.0. The van der Waals surface area contributed by atoms with Crippen LogP contribution in [0.15, 0.2) is 66.7 Å². The summed E-state index contributed by atoms with van der Waals surface area (Å²) in [5, 5.41) is 9.26. The number of nitriles is 1. The fourth-order valence-corrected chi connectivity index (χ4v) is 6.03. The van der Waals surface area contributed by atoms with E-state index in [1.807, 2.05) is 6.07 Å². The number of ether oxygens (including phenoxy) is 1. The third-order valence-electron chi connectivity index (χ3n) is 6.15. The summed E-state index contributed by atoms with van der Waals surface area (Å²) in [6.07, 6.45) is 0. The van der Waals surface area contributed by atoms with E-state index >= 15 is 0 Å². The number of halogens is 1. The second kappa shape index (κ2) is 8.50. The molecule has 34 heavy (non-hydrogen) atoms. The first kappa shape index (κ1) is 22.0. The highest BCUT2D eigenvalue weighted by atomic mass is 32.2. The topological polar surface area (TPSA) is 73.6 Å². The van der Waals surface area contributed by atoms with E-state index in [4.69, 9.17) is 4.74 Å². The van der Waals surface area contributed by atoms with Gasteiger partial charge in [0.1, 0.15) is 11.6 Å². The van der Waals surface area contributed by atoms with E-state index in [-0.39, 0.29) is 18.0 Å². The van der Waals surface area contributed by atoms with Gasteiger partial charge in [0.15, 0.2) is 4.87 Å². The predicted octanol–water partition coefficient (Wildman–Crippen LogP) is 4.29. The number of benzene rings is 3. The molecule has 0 aromatic heterocycles. The van der Waals surface area contributed by atoms with Gasteiger partial charge in [-0.05, 0) is 48.0 Å². The summed E-state index contributed by atoms with van der Waals surface area (Å²) in [4.78, 5) is 29.4. The second-order valence-corrected chi connectivity index (χ2v) is 9.30. The summed E-state index contributed by atoms with van der Waals surface area (Å²) in [7, 11) is 1.54. The molecule has 1 saturated heterocycles. The lowest BCUT2D eigenvalue weighted by molar-refractivity contribution is -0.123. The number of methoxy groups -OCH3 is 1. The van der Waals surface area contributed by atoms with Crippen LogP contribution < -0.4 is 9.64 Å². The largest absolute Gasteiger partial charge is 0.497 e. The van der Waals surface area contributed by atoms with Crippen LogP contribution in [-0.2, 0) is 16.2 Å². The average molecular weight is 474 g/mol. The molecule has 2 amide bonds. The van der Waals surface area contributed by atoms with Crippen LogP contribution in [0.4, 0.5) is 10.1 Å². The molecule has 0 N–H and O–H groups in total. The van der Waals surface area contributed by atoms with E-state index in [9.17, 15) is 19.2 Å². The molecule has 2 aliphatic heterocycles. The average Bonchev–Trinajstić information content (AvgIpc) is 3.41. The van der Waals surface area contributed by atoms with Gasteiger partial charge in [0, 0.05) is 17.9 Å². The van der Waals surface area contributed by atoms with E-state index in [1.165, 1.54) is 34.9 Å². The number of thioether (sulfide) groups is 1. The zero-order valence-electron chi connectivity index (χ0n) is 18.3. The van der Waals surface area contributed by atoms with Gasteiger partial charge in [-0.25, -0.2) is 4.39 Å². The second-order valence-electron chi connectivity index (χ2n) is 8.02. The SMILES string of the molecule is COc1ccc2c(c1)C1(SCCN1C(=O)c1ccccc1F)C(=O)N2Cc1cccc(C#N)c1. The molecule has 5 rings (SSSR count). The van der Waals surface area contributed by atoms with Crippen LogP contribution in [0.1, 0.15) is 27.0 Å². The Labute approximate surface area is 200 Å². The molecule has 0 aliphatic carbocycles. The van der Waals surface area contributed by atoms with Crippen LogP contribution in [0.25, 0.3) is 0 Å². The van der Waals surface area contributed by atoms with Crippen LogP contribution in [0, 0.1) is 17.1 Å². The molecule has 6 nitrogen and oxygen atoms in total. The standard InChI is InChI=1S/C26H20FN3O3S/c1-33-19-9-10-23-21(14-19)26(25(32)29(23)16-18-6-4-5-17(13-18)15-28)30(11-12-34-26)24(31)20-7-2-3-8-22(20)27/h2-10,13-14H,11-12,16H2,1H3. The van der Waals surface area contributed by atoms with Crippen molar-refractivity contribution < 1.29 is 18.7 Å². The summed E-state index contributed by atoms with van der Waals surface area (Å²) < 4.78 is 19.9. The van der Waals surface area contributed by atoms with Crippen molar-refractivity contribution in [3.63, 3.8) is 0 Å². The molecular weight excluding hydrogens is 453 g/mol. The van der Waals surface area contributed by atoms with Crippen molar-refractivity contribution in [2.24, 2.45) is 0 Å². The van der Waals surface area contributed by atoms with Crippen molar-refractivity contribution >= 4 is 29.3 Å². The fraction of sp³-hybridized carbons (Fsp3) is 0.192. The van der Waals surface area contributed by atoms with Crippen LogP contribution in [0.3, 0.4) is 0 Å². The molecule has 170 valence electrons. The van der Waals surface area contributed by atoms with Crippen molar-refractivity contribution in [2.45, 2.75) is 11.4 Å². The number of amides is 2. The van der Waals surface area contributed by atoms with E-state index < -0.39 is 16.6 Å². The maximum atomic E-state index is 14.5. The molecule has 1 spiro atoms. The van der Waals surface area contributed by atoms with Crippen molar-refractivity contribution in [3.05, 3.63) is 94.8 Å². The molecule has 1 unspecified atom stereocenters. The molecule has 1 atom stereocenters. The summed E-state index contributed by atoms with van der Waals surface area (Å²) in [6, 6.07) is 20.4. The van der Waals surface area contributed by atoms with Gasteiger partial charge in [-0.1, -0.05) is 24.3 Å². The monoisotopic (exact) mass is 473 g/mol. The predicted molar refractivity (Wildman–Crippen MR) is 127 cm³/mol. The Morgan fingerprint density at radius 1 is 1.18 bits per heavy atom. The maximum Gasteiger partial charge on any atom is 0.268 e. The zero-order chi connectivity index (χ0) is 23.9. The number of hydrogen-bond donors (Lipinski definition) is 0. The third-order valence-corrected chi connectivity index (χ3v) is 7.57. The molecular formula is C26H20FN3O3S. The number of rotatable bonds is 4. The number of nitrogens with zero attached hydrogens (tertiary/aromatic N) is 3.